The van der Waals surface area contributed by atoms with Crippen LogP contribution in [-0.4, -0.2) is 42.3 Å². The smallest absolute Gasteiger partial charge is 0.298 e. The molecule has 1 fully saturated rings. The van der Waals surface area contributed by atoms with Crippen LogP contribution in [0.25, 0.3) is 0 Å². The van der Waals surface area contributed by atoms with Crippen molar-refractivity contribution in [2.24, 2.45) is 0 Å². The highest BCUT2D eigenvalue weighted by molar-refractivity contribution is 5.19. The number of fused-ring (bicyclic) bond motifs is 2. The van der Waals surface area contributed by atoms with Gasteiger partial charge in [-0.2, -0.15) is 5.10 Å². The number of aromatic nitrogens is 5. The summed E-state index contributed by atoms with van der Waals surface area (Å²) in [6.45, 7) is 3.35. The molecule has 0 saturated carbocycles. The second-order valence-corrected chi connectivity index (χ2v) is 7.92. The van der Waals surface area contributed by atoms with Crippen LogP contribution in [-0.2, 0) is 25.0 Å². The van der Waals surface area contributed by atoms with Gasteiger partial charge in [0.2, 0.25) is 0 Å². The van der Waals surface area contributed by atoms with Crippen LogP contribution >= 0.6 is 0 Å². The SMILES string of the molecule is O=c1c(=O)n2c(nn1Cc1ccccn1)C1(CCN(Cc3cccnc3)C1)CC2. The van der Waals surface area contributed by atoms with Crippen LogP contribution < -0.4 is 11.1 Å². The van der Waals surface area contributed by atoms with Gasteiger partial charge in [0.05, 0.1) is 12.2 Å². The van der Waals surface area contributed by atoms with E-state index in [9.17, 15) is 9.59 Å². The number of pyridine rings is 2. The summed E-state index contributed by atoms with van der Waals surface area (Å²) in [6.07, 6.45) is 7.11. The fourth-order valence-electron chi connectivity index (χ4n) is 4.56. The lowest BCUT2D eigenvalue weighted by Crippen LogP contribution is -2.45. The van der Waals surface area contributed by atoms with Crippen molar-refractivity contribution < 1.29 is 0 Å². The average Bonchev–Trinajstić information content (AvgIpc) is 3.32. The van der Waals surface area contributed by atoms with Gasteiger partial charge in [-0.25, -0.2) is 4.68 Å². The molecular formula is C21H22N6O2. The van der Waals surface area contributed by atoms with Gasteiger partial charge in [0.25, 0.3) is 0 Å². The van der Waals surface area contributed by atoms with E-state index in [1.165, 1.54) is 10.2 Å². The Labute approximate surface area is 167 Å². The second kappa shape index (κ2) is 7.04. The molecule has 1 atom stereocenters. The lowest BCUT2D eigenvalue weighted by atomic mass is 9.85. The van der Waals surface area contributed by atoms with Crippen molar-refractivity contribution in [3.63, 3.8) is 0 Å². The maximum absolute atomic E-state index is 12.7. The summed E-state index contributed by atoms with van der Waals surface area (Å²) < 4.78 is 2.87. The quantitative estimate of drug-likeness (QED) is 0.613. The van der Waals surface area contributed by atoms with Gasteiger partial charge in [-0.1, -0.05) is 12.1 Å². The van der Waals surface area contributed by atoms with Crippen LogP contribution in [0.5, 0.6) is 0 Å². The summed E-state index contributed by atoms with van der Waals surface area (Å²) in [5.74, 6) is 0.742. The molecule has 8 heteroatoms. The Kier molecular flexibility index (Phi) is 4.35. The average molecular weight is 390 g/mol. The molecule has 0 bridgehead atoms. The predicted molar refractivity (Wildman–Crippen MR) is 107 cm³/mol. The Hall–Kier alpha value is -3.13. The molecule has 5 rings (SSSR count). The monoisotopic (exact) mass is 390 g/mol. The summed E-state index contributed by atoms with van der Waals surface area (Å²) in [5.41, 5.74) is 0.646. The maximum atomic E-state index is 12.7. The second-order valence-electron chi connectivity index (χ2n) is 7.92. The van der Waals surface area contributed by atoms with E-state index < -0.39 is 11.1 Å². The molecule has 1 saturated heterocycles. The van der Waals surface area contributed by atoms with E-state index in [0.717, 1.165) is 38.3 Å². The molecule has 0 radical (unpaired) electrons. The van der Waals surface area contributed by atoms with Crippen molar-refractivity contribution >= 4 is 0 Å². The minimum atomic E-state index is -0.582. The highest BCUT2D eigenvalue weighted by atomic mass is 16.2. The standard InChI is InChI=1S/C21H22N6O2/c28-18-19(29)27(14-17-5-1-2-9-23-17)24-20-21(7-11-26(18)20)6-10-25(15-21)13-16-4-3-8-22-12-16/h1-5,8-9,12H,6-7,10-11,13-15H2. The first-order valence-electron chi connectivity index (χ1n) is 9.88. The Morgan fingerprint density at radius 3 is 2.66 bits per heavy atom. The van der Waals surface area contributed by atoms with E-state index in [0.29, 0.717) is 12.2 Å². The lowest BCUT2D eigenvalue weighted by molar-refractivity contribution is 0.297. The molecule has 148 valence electrons. The van der Waals surface area contributed by atoms with Crippen molar-refractivity contribution in [1.29, 1.82) is 0 Å². The number of nitrogens with zero attached hydrogens (tertiary/aromatic N) is 6. The topological polar surface area (TPSA) is 85.9 Å². The minimum Gasteiger partial charge on any atom is -0.298 e. The van der Waals surface area contributed by atoms with Crippen molar-refractivity contribution in [2.45, 2.75) is 37.9 Å². The van der Waals surface area contributed by atoms with E-state index in [-0.39, 0.29) is 12.0 Å². The zero-order valence-electron chi connectivity index (χ0n) is 16.1. The Morgan fingerprint density at radius 1 is 0.966 bits per heavy atom. The Bertz CT molecular complexity index is 1140. The molecule has 0 amide bonds. The van der Waals surface area contributed by atoms with Crippen LogP contribution in [0.15, 0.2) is 58.5 Å². The van der Waals surface area contributed by atoms with Crippen LogP contribution in [0.1, 0.15) is 29.9 Å². The maximum Gasteiger partial charge on any atom is 0.332 e. The minimum absolute atomic E-state index is 0.180. The lowest BCUT2D eigenvalue weighted by Gasteiger charge is -2.23. The van der Waals surface area contributed by atoms with E-state index in [4.69, 9.17) is 0 Å². The van der Waals surface area contributed by atoms with Gasteiger partial charge in [-0.15, -0.1) is 0 Å². The molecule has 3 aromatic rings. The molecule has 0 aliphatic carbocycles. The first-order valence-corrected chi connectivity index (χ1v) is 9.88. The molecule has 2 aliphatic rings. The zero-order chi connectivity index (χ0) is 19.8. The van der Waals surface area contributed by atoms with E-state index in [2.05, 4.69) is 26.0 Å². The number of hydrogen-bond acceptors (Lipinski definition) is 6. The third-order valence-corrected chi connectivity index (χ3v) is 6.02. The third kappa shape index (κ3) is 3.19. The summed E-state index contributed by atoms with van der Waals surface area (Å²) >= 11 is 0. The molecule has 8 nitrogen and oxygen atoms in total. The third-order valence-electron chi connectivity index (χ3n) is 6.02. The zero-order valence-corrected chi connectivity index (χ0v) is 16.1. The number of hydrogen-bond donors (Lipinski definition) is 0. The highest BCUT2D eigenvalue weighted by Gasteiger charge is 2.47. The first-order chi connectivity index (χ1) is 14.1. The molecule has 1 unspecified atom stereocenters. The summed E-state index contributed by atoms with van der Waals surface area (Å²) in [5, 5.41) is 4.67. The summed E-state index contributed by atoms with van der Waals surface area (Å²) in [4.78, 5) is 36.1. The van der Waals surface area contributed by atoms with E-state index in [1.807, 2.05) is 30.5 Å². The molecule has 1 spiro atoms. The Morgan fingerprint density at radius 2 is 1.86 bits per heavy atom. The Balaban J connectivity index is 1.46. The van der Waals surface area contributed by atoms with Crippen LogP contribution in [0.3, 0.4) is 0 Å². The van der Waals surface area contributed by atoms with Crippen molar-refractivity contribution in [3.8, 4) is 0 Å². The van der Waals surface area contributed by atoms with Gasteiger partial charge >= 0.3 is 11.1 Å². The fraction of sp³-hybridized carbons (Fsp3) is 0.381. The normalized spacial score (nSPS) is 21.0. The molecule has 0 aromatic carbocycles. The van der Waals surface area contributed by atoms with Gasteiger partial charge in [0.15, 0.2) is 0 Å². The molecule has 2 aliphatic heterocycles. The van der Waals surface area contributed by atoms with E-state index >= 15 is 0 Å². The van der Waals surface area contributed by atoms with Gasteiger partial charge in [0.1, 0.15) is 5.82 Å². The number of likely N-dealkylation sites (tertiary alicyclic amines) is 1. The van der Waals surface area contributed by atoms with Gasteiger partial charge in [0, 0.05) is 43.6 Å². The molecule has 5 heterocycles. The molecular weight excluding hydrogens is 368 g/mol. The largest absolute Gasteiger partial charge is 0.332 e. The summed E-state index contributed by atoms with van der Waals surface area (Å²) in [6, 6.07) is 9.54. The van der Waals surface area contributed by atoms with Crippen LogP contribution in [0, 0.1) is 0 Å². The number of rotatable bonds is 4. The highest BCUT2D eigenvalue weighted by Crippen LogP contribution is 2.40. The van der Waals surface area contributed by atoms with Crippen LogP contribution in [0.4, 0.5) is 0 Å². The van der Waals surface area contributed by atoms with Crippen molar-refractivity contribution in [2.75, 3.05) is 13.1 Å². The molecule has 29 heavy (non-hydrogen) atoms. The van der Waals surface area contributed by atoms with Crippen molar-refractivity contribution in [3.05, 3.63) is 86.7 Å². The first kappa shape index (κ1) is 17.9. The summed E-state index contributed by atoms with van der Waals surface area (Å²) in [7, 11) is 0. The fourth-order valence-corrected chi connectivity index (χ4v) is 4.56. The predicted octanol–water partition coefficient (Wildman–Crippen LogP) is 0.791. The van der Waals surface area contributed by atoms with Gasteiger partial charge in [-0.05, 0) is 43.1 Å². The molecule has 0 N–H and O–H groups in total. The van der Waals surface area contributed by atoms with Crippen molar-refractivity contribution in [1.82, 2.24) is 29.2 Å². The van der Waals surface area contributed by atoms with Gasteiger partial charge in [-0.3, -0.25) is 29.0 Å². The van der Waals surface area contributed by atoms with E-state index in [1.54, 1.807) is 17.0 Å². The molecule has 3 aromatic heterocycles. The van der Waals surface area contributed by atoms with Crippen LogP contribution in [0.2, 0.25) is 0 Å². The van der Waals surface area contributed by atoms with Gasteiger partial charge < -0.3 is 0 Å².